The fourth-order valence-electron chi connectivity index (χ4n) is 1.58. The molecular formula is C10H20O4Si. The van der Waals surface area contributed by atoms with Gasteiger partial charge < -0.3 is 13.3 Å². The summed E-state index contributed by atoms with van der Waals surface area (Å²) in [5.41, 5.74) is -0.325. The fourth-order valence-corrected chi connectivity index (χ4v) is 3.88. The molecule has 0 rings (SSSR count). The third kappa shape index (κ3) is 3.24. The minimum atomic E-state index is -2.85. The summed E-state index contributed by atoms with van der Waals surface area (Å²) in [7, 11) is 1.71. The fraction of sp³-hybridized carbons (Fsp3) is 0.700. The molecule has 0 fully saturated rings. The van der Waals surface area contributed by atoms with Crippen LogP contribution in [0.1, 0.15) is 20.3 Å². The number of rotatable bonds is 7. The van der Waals surface area contributed by atoms with Crippen molar-refractivity contribution in [3.8, 4) is 0 Å². The molecule has 0 spiro atoms. The van der Waals surface area contributed by atoms with Gasteiger partial charge in [-0.1, -0.05) is 13.0 Å². The summed E-state index contributed by atoms with van der Waals surface area (Å²) in [6.07, 6.45) is 3.89. The van der Waals surface area contributed by atoms with Gasteiger partial charge in [-0.15, -0.1) is 0 Å². The van der Waals surface area contributed by atoms with E-state index in [1.165, 1.54) is 27.4 Å². The van der Waals surface area contributed by atoms with Gasteiger partial charge in [0.15, 0.2) is 5.78 Å². The summed E-state index contributed by atoms with van der Waals surface area (Å²) in [6, 6.07) is 0. The summed E-state index contributed by atoms with van der Waals surface area (Å²) >= 11 is 0. The van der Waals surface area contributed by atoms with Crippen LogP contribution in [0.15, 0.2) is 12.2 Å². The Morgan fingerprint density at radius 1 is 1.27 bits per heavy atom. The molecule has 5 heteroatoms. The highest BCUT2D eigenvalue weighted by Gasteiger charge is 2.49. The maximum Gasteiger partial charge on any atom is 0.511 e. The van der Waals surface area contributed by atoms with Crippen LogP contribution in [0.25, 0.3) is 0 Å². The van der Waals surface area contributed by atoms with Gasteiger partial charge in [0, 0.05) is 21.3 Å². The highest BCUT2D eigenvalue weighted by atomic mass is 28.4. The second-order valence-electron chi connectivity index (χ2n) is 3.08. The minimum absolute atomic E-state index is 0.00258. The van der Waals surface area contributed by atoms with Crippen molar-refractivity contribution in [1.29, 1.82) is 0 Å². The molecule has 88 valence electrons. The summed E-state index contributed by atoms with van der Waals surface area (Å²) in [4.78, 5) is 11.8. The molecule has 0 saturated carbocycles. The van der Waals surface area contributed by atoms with Gasteiger partial charge in [-0.05, 0) is 19.4 Å². The van der Waals surface area contributed by atoms with Gasteiger partial charge in [0.1, 0.15) is 0 Å². The van der Waals surface area contributed by atoms with Crippen LogP contribution in [0.2, 0.25) is 5.54 Å². The van der Waals surface area contributed by atoms with Crippen molar-refractivity contribution in [1.82, 2.24) is 0 Å². The SMILES string of the molecule is CC=CC(=O)C(CC)[Si](OC)(OC)OC. The molecule has 0 amide bonds. The van der Waals surface area contributed by atoms with E-state index in [9.17, 15) is 4.79 Å². The molecule has 15 heavy (non-hydrogen) atoms. The first-order valence-electron chi connectivity index (χ1n) is 4.93. The average Bonchev–Trinajstić information content (AvgIpc) is 2.26. The van der Waals surface area contributed by atoms with Gasteiger partial charge >= 0.3 is 8.80 Å². The van der Waals surface area contributed by atoms with Crippen molar-refractivity contribution >= 4 is 14.6 Å². The standard InChI is InChI=1S/C10H20O4Si/c1-6-8-9(11)10(7-2)15(12-3,13-4)14-5/h6,8,10H,7H2,1-5H3. The van der Waals surface area contributed by atoms with E-state index < -0.39 is 8.80 Å². The topological polar surface area (TPSA) is 44.8 Å². The van der Waals surface area contributed by atoms with Crippen molar-refractivity contribution in [3.63, 3.8) is 0 Å². The first-order valence-corrected chi connectivity index (χ1v) is 6.74. The van der Waals surface area contributed by atoms with E-state index >= 15 is 0 Å². The zero-order valence-electron chi connectivity index (χ0n) is 10.1. The Morgan fingerprint density at radius 2 is 1.73 bits per heavy atom. The second-order valence-corrected chi connectivity index (χ2v) is 6.21. The molecule has 0 aliphatic rings. The molecule has 0 aliphatic heterocycles. The highest BCUT2D eigenvalue weighted by molar-refractivity contribution is 6.66. The molecule has 0 N–H and O–H groups in total. The van der Waals surface area contributed by atoms with Gasteiger partial charge in [-0.25, -0.2) is 0 Å². The molecule has 0 aliphatic carbocycles. The Balaban J connectivity index is 4.97. The molecule has 0 heterocycles. The number of carbonyl (C=O) groups is 1. The van der Waals surface area contributed by atoms with E-state index in [4.69, 9.17) is 13.3 Å². The van der Waals surface area contributed by atoms with Crippen LogP contribution < -0.4 is 0 Å². The maximum atomic E-state index is 11.8. The Bertz CT molecular complexity index is 215. The predicted octanol–water partition coefficient (Wildman–Crippen LogP) is 1.79. The monoisotopic (exact) mass is 232 g/mol. The van der Waals surface area contributed by atoms with E-state index in [1.807, 2.05) is 6.92 Å². The lowest BCUT2D eigenvalue weighted by atomic mass is 10.2. The van der Waals surface area contributed by atoms with E-state index in [2.05, 4.69) is 0 Å². The summed E-state index contributed by atoms with van der Waals surface area (Å²) in [6.45, 7) is 3.73. The van der Waals surface area contributed by atoms with Crippen LogP contribution in [0, 0.1) is 0 Å². The number of allylic oxidation sites excluding steroid dienone is 2. The Kier molecular flexibility index (Phi) is 6.67. The number of ketones is 1. The molecule has 0 radical (unpaired) electrons. The molecule has 4 nitrogen and oxygen atoms in total. The Labute approximate surface area is 92.6 Å². The van der Waals surface area contributed by atoms with Gasteiger partial charge in [0.25, 0.3) is 0 Å². The van der Waals surface area contributed by atoms with E-state index in [0.717, 1.165) is 0 Å². The molecular weight excluding hydrogens is 212 g/mol. The number of hydrogen-bond donors (Lipinski definition) is 0. The van der Waals surface area contributed by atoms with Crippen LogP contribution in [-0.2, 0) is 18.1 Å². The number of hydrogen-bond acceptors (Lipinski definition) is 4. The third-order valence-corrected chi connectivity index (χ3v) is 5.62. The quantitative estimate of drug-likeness (QED) is 0.496. The largest absolute Gasteiger partial charge is 0.511 e. The smallest absolute Gasteiger partial charge is 0.376 e. The first kappa shape index (κ1) is 14.5. The third-order valence-electron chi connectivity index (χ3n) is 2.36. The van der Waals surface area contributed by atoms with Crippen molar-refractivity contribution in [3.05, 3.63) is 12.2 Å². The van der Waals surface area contributed by atoms with E-state index in [0.29, 0.717) is 6.42 Å². The van der Waals surface area contributed by atoms with Gasteiger partial charge in [-0.3, -0.25) is 4.79 Å². The molecule has 1 atom stereocenters. The molecule has 0 aromatic heterocycles. The van der Waals surface area contributed by atoms with Gasteiger partial charge in [-0.2, -0.15) is 0 Å². The first-order chi connectivity index (χ1) is 7.11. The minimum Gasteiger partial charge on any atom is -0.376 e. The lowest BCUT2D eigenvalue weighted by Gasteiger charge is -2.30. The molecule has 0 saturated heterocycles. The predicted molar refractivity (Wildman–Crippen MR) is 60.6 cm³/mol. The normalized spacial score (nSPS) is 14.5. The van der Waals surface area contributed by atoms with Crippen LogP contribution in [0.5, 0.6) is 0 Å². The van der Waals surface area contributed by atoms with Gasteiger partial charge in [0.2, 0.25) is 0 Å². The van der Waals surface area contributed by atoms with Crippen molar-refractivity contribution < 1.29 is 18.1 Å². The molecule has 0 bridgehead atoms. The summed E-state index contributed by atoms with van der Waals surface area (Å²) < 4.78 is 15.9. The van der Waals surface area contributed by atoms with Crippen molar-refractivity contribution in [2.24, 2.45) is 0 Å². The average molecular weight is 232 g/mol. The number of carbonyl (C=O) groups excluding carboxylic acids is 1. The summed E-state index contributed by atoms with van der Waals surface area (Å²) in [5, 5.41) is 0. The van der Waals surface area contributed by atoms with Crippen LogP contribution in [-0.4, -0.2) is 35.9 Å². The molecule has 1 unspecified atom stereocenters. The molecule has 0 aromatic carbocycles. The maximum absolute atomic E-state index is 11.8. The lowest BCUT2D eigenvalue weighted by molar-refractivity contribution is -0.115. The Morgan fingerprint density at radius 3 is 2.00 bits per heavy atom. The molecule has 0 aromatic rings. The van der Waals surface area contributed by atoms with Crippen molar-refractivity contribution in [2.45, 2.75) is 25.8 Å². The van der Waals surface area contributed by atoms with Crippen LogP contribution >= 0.6 is 0 Å². The summed E-state index contributed by atoms with van der Waals surface area (Å²) in [5.74, 6) is -0.00258. The zero-order chi connectivity index (χ0) is 11.9. The van der Waals surface area contributed by atoms with Crippen molar-refractivity contribution in [2.75, 3.05) is 21.3 Å². The Hall–Kier alpha value is -0.493. The lowest BCUT2D eigenvalue weighted by Crippen LogP contribution is -2.49. The van der Waals surface area contributed by atoms with Gasteiger partial charge in [0.05, 0.1) is 5.54 Å². The van der Waals surface area contributed by atoms with E-state index in [1.54, 1.807) is 13.0 Å². The van der Waals surface area contributed by atoms with E-state index in [-0.39, 0.29) is 11.3 Å². The van der Waals surface area contributed by atoms with Crippen LogP contribution in [0.3, 0.4) is 0 Å². The zero-order valence-corrected chi connectivity index (χ0v) is 11.1. The highest BCUT2D eigenvalue weighted by Crippen LogP contribution is 2.28. The second kappa shape index (κ2) is 6.89. The van der Waals surface area contributed by atoms with Crippen LogP contribution in [0.4, 0.5) is 0 Å².